The maximum absolute atomic E-state index is 4.48. The molecule has 1 heterocycles. The SMILES string of the molecule is CNCc1ccc(-n2cc(-c3ccccc3)cn2)cc1C. The van der Waals surface area contributed by atoms with Crippen LogP contribution in [-0.4, -0.2) is 16.8 Å². The highest BCUT2D eigenvalue weighted by Crippen LogP contribution is 2.20. The van der Waals surface area contributed by atoms with Crippen molar-refractivity contribution < 1.29 is 0 Å². The molecule has 21 heavy (non-hydrogen) atoms. The summed E-state index contributed by atoms with van der Waals surface area (Å²) in [5, 5.41) is 7.67. The molecule has 3 aromatic rings. The first-order chi connectivity index (χ1) is 10.3. The minimum Gasteiger partial charge on any atom is -0.316 e. The van der Waals surface area contributed by atoms with E-state index in [1.807, 2.05) is 36.1 Å². The maximum atomic E-state index is 4.48. The molecule has 0 aliphatic heterocycles. The highest BCUT2D eigenvalue weighted by molar-refractivity contribution is 5.62. The molecule has 0 saturated heterocycles. The molecule has 0 bridgehead atoms. The predicted molar refractivity (Wildman–Crippen MR) is 86.5 cm³/mol. The van der Waals surface area contributed by atoms with Crippen LogP contribution in [0.4, 0.5) is 0 Å². The molecule has 0 fully saturated rings. The summed E-state index contributed by atoms with van der Waals surface area (Å²) >= 11 is 0. The molecule has 0 saturated carbocycles. The van der Waals surface area contributed by atoms with E-state index in [0.29, 0.717) is 0 Å². The van der Waals surface area contributed by atoms with Crippen LogP contribution in [-0.2, 0) is 6.54 Å². The lowest BCUT2D eigenvalue weighted by molar-refractivity contribution is 0.808. The average molecular weight is 277 g/mol. The van der Waals surface area contributed by atoms with E-state index >= 15 is 0 Å². The van der Waals surface area contributed by atoms with Gasteiger partial charge in [0.1, 0.15) is 0 Å². The number of hydrogen-bond acceptors (Lipinski definition) is 2. The second kappa shape index (κ2) is 5.94. The largest absolute Gasteiger partial charge is 0.316 e. The van der Waals surface area contributed by atoms with E-state index in [4.69, 9.17) is 0 Å². The highest BCUT2D eigenvalue weighted by Gasteiger charge is 2.05. The van der Waals surface area contributed by atoms with Crippen molar-refractivity contribution in [3.8, 4) is 16.8 Å². The second-order valence-corrected chi connectivity index (χ2v) is 5.18. The highest BCUT2D eigenvalue weighted by atomic mass is 15.3. The molecule has 1 N–H and O–H groups in total. The number of benzene rings is 2. The summed E-state index contributed by atoms with van der Waals surface area (Å²) in [6.45, 7) is 3.03. The zero-order valence-corrected chi connectivity index (χ0v) is 12.4. The Hall–Kier alpha value is -2.39. The number of aryl methyl sites for hydroxylation is 1. The number of nitrogens with zero attached hydrogens (tertiary/aromatic N) is 2. The van der Waals surface area contributed by atoms with Crippen molar-refractivity contribution >= 4 is 0 Å². The molecular formula is C18H19N3. The van der Waals surface area contributed by atoms with E-state index in [9.17, 15) is 0 Å². The fraction of sp³-hybridized carbons (Fsp3) is 0.167. The third-order valence-corrected chi connectivity index (χ3v) is 3.65. The first kappa shape index (κ1) is 13.6. The molecule has 3 rings (SSSR count). The monoisotopic (exact) mass is 277 g/mol. The van der Waals surface area contributed by atoms with Crippen molar-refractivity contribution in [2.45, 2.75) is 13.5 Å². The summed E-state index contributed by atoms with van der Waals surface area (Å²) in [6.07, 6.45) is 3.98. The van der Waals surface area contributed by atoms with Crippen molar-refractivity contribution in [1.82, 2.24) is 15.1 Å². The van der Waals surface area contributed by atoms with Crippen molar-refractivity contribution in [3.63, 3.8) is 0 Å². The summed E-state index contributed by atoms with van der Waals surface area (Å²) in [7, 11) is 1.97. The van der Waals surface area contributed by atoms with Crippen LogP contribution in [0.3, 0.4) is 0 Å². The lowest BCUT2D eigenvalue weighted by Crippen LogP contribution is -2.07. The molecule has 3 nitrogen and oxygen atoms in total. The van der Waals surface area contributed by atoms with E-state index in [1.54, 1.807) is 0 Å². The lowest BCUT2D eigenvalue weighted by Gasteiger charge is -2.08. The smallest absolute Gasteiger partial charge is 0.0648 e. The van der Waals surface area contributed by atoms with E-state index in [1.165, 1.54) is 16.7 Å². The Kier molecular flexibility index (Phi) is 3.84. The zero-order chi connectivity index (χ0) is 14.7. The van der Waals surface area contributed by atoms with Gasteiger partial charge in [-0.1, -0.05) is 36.4 Å². The van der Waals surface area contributed by atoms with Crippen LogP contribution < -0.4 is 5.32 Å². The fourth-order valence-corrected chi connectivity index (χ4v) is 2.46. The molecular weight excluding hydrogens is 258 g/mol. The lowest BCUT2D eigenvalue weighted by atomic mass is 10.1. The number of nitrogens with one attached hydrogen (secondary N) is 1. The van der Waals surface area contributed by atoms with Gasteiger partial charge in [0, 0.05) is 18.3 Å². The average Bonchev–Trinajstić information content (AvgIpc) is 3.00. The molecule has 1 aromatic heterocycles. The molecule has 0 radical (unpaired) electrons. The first-order valence-electron chi connectivity index (χ1n) is 7.12. The molecule has 0 unspecified atom stereocenters. The van der Waals surface area contributed by atoms with Crippen molar-refractivity contribution in [1.29, 1.82) is 0 Å². The van der Waals surface area contributed by atoms with Gasteiger partial charge in [0.2, 0.25) is 0 Å². The molecule has 2 aromatic carbocycles. The number of rotatable bonds is 4. The molecule has 0 atom stereocenters. The predicted octanol–water partition coefficient (Wildman–Crippen LogP) is 3.57. The van der Waals surface area contributed by atoms with Gasteiger partial charge in [0.15, 0.2) is 0 Å². The minimum atomic E-state index is 0.889. The summed E-state index contributed by atoms with van der Waals surface area (Å²) in [5.41, 5.74) is 6.00. The van der Waals surface area contributed by atoms with Gasteiger partial charge in [0.05, 0.1) is 11.9 Å². The van der Waals surface area contributed by atoms with Gasteiger partial charge in [-0.3, -0.25) is 0 Å². The van der Waals surface area contributed by atoms with Crippen LogP contribution in [0.5, 0.6) is 0 Å². The van der Waals surface area contributed by atoms with Crippen LogP contribution >= 0.6 is 0 Å². The summed E-state index contributed by atoms with van der Waals surface area (Å²) in [5.74, 6) is 0. The van der Waals surface area contributed by atoms with Gasteiger partial charge >= 0.3 is 0 Å². The Balaban J connectivity index is 1.91. The number of hydrogen-bond donors (Lipinski definition) is 1. The summed E-state index contributed by atoms with van der Waals surface area (Å²) in [6, 6.07) is 16.8. The Labute approximate surface area is 125 Å². The van der Waals surface area contributed by atoms with Gasteiger partial charge in [-0.2, -0.15) is 5.10 Å². The van der Waals surface area contributed by atoms with E-state index in [-0.39, 0.29) is 0 Å². The minimum absolute atomic E-state index is 0.889. The molecule has 3 heteroatoms. The molecule has 0 aliphatic carbocycles. The van der Waals surface area contributed by atoms with Crippen LogP contribution in [0, 0.1) is 6.92 Å². The van der Waals surface area contributed by atoms with E-state index in [0.717, 1.165) is 17.8 Å². The zero-order valence-electron chi connectivity index (χ0n) is 12.4. The molecule has 0 amide bonds. The van der Waals surface area contributed by atoms with Crippen LogP contribution in [0.1, 0.15) is 11.1 Å². The normalized spacial score (nSPS) is 10.8. The molecule has 0 aliphatic rings. The topological polar surface area (TPSA) is 29.9 Å². The standard InChI is InChI=1S/C18H19N3/c1-14-10-18(9-8-16(14)11-19-2)21-13-17(12-20-21)15-6-4-3-5-7-15/h3-10,12-13,19H,11H2,1-2H3. The van der Waals surface area contributed by atoms with Crippen molar-refractivity contribution in [3.05, 3.63) is 72.1 Å². The Morgan fingerprint density at radius 3 is 2.57 bits per heavy atom. The van der Waals surface area contributed by atoms with Crippen molar-refractivity contribution in [2.24, 2.45) is 0 Å². The Bertz CT molecular complexity index is 729. The first-order valence-corrected chi connectivity index (χ1v) is 7.12. The van der Waals surface area contributed by atoms with Crippen molar-refractivity contribution in [2.75, 3.05) is 7.05 Å². The van der Waals surface area contributed by atoms with Crippen LogP contribution in [0.15, 0.2) is 60.9 Å². The van der Waals surface area contributed by atoms with E-state index < -0.39 is 0 Å². The van der Waals surface area contributed by atoms with Crippen LogP contribution in [0.25, 0.3) is 16.8 Å². The second-order valence-electron chi connectivity index (χ2n) is 5.18. The molecule has 0 spiro atoms. The third kappa shape index (κ3) is 2.88. The van der Waals surface area contributed by atoms with Gasteiger partial charge in [0.25, 0.3) is 0 Å². The Morgan fingerprint density at radius 1 is 1.05 bits per heavy atom. The van der Waals surface area contributed by atoms with Gasteiger partial charge in [-0.05, 0) is 42.8 Å². The third-order valence-electron chi connectivity index (χ3n) is 3.65. The summed E-state index contributed by atoms with van der Waals surface area (Å²) < 4.78 is 1.93. The molecule has 106 valence electrons. The fourth-order valence-electron chi connectivity index (χ4n) is 2.46. The Morgan fingerprint density at radius 2 is 1.86 bits per heavy atom. The quantitative estimate of drug-likeness (QED) is 0.790. The van der Waals surface area contributed by atoms with Gasteiger partial charge in [-0.15, -0.1) is 0 Å². The van der Waals surface area contributed by atoms with Gasteiger partial charge < -0.3 is 5.32 Å². The van der Waals surface area contributed by atoms with Gasteiger partial charge in [-0.25, -0.2) is 4.68 Å². The number of aromatic nitrogens is 2. The van der Waals surface area contributed by atoms with Crippen LogP contribution in [0.2, 0.25) is 0 Å². The van der Waals surface area contributed by atoms with E-state index in [2.05, 4.69) is 53.9 Å². The maximum Gasteiger partial charge on any atom is 0.0648 e. The summed E-state index contributed by atoms with van der Waals surface area (Å²) in [4.78, 5) is 0.